The molecule has 1 unspecified atom stereocenters. The number of carbonyl (C=O) groups excluding carboxylic acids is 1. The lowest BCUT2D eigenvalue weighted by atomic mass is 9.96. The van der Waals surface area contributed by atoms with Gasteiger partial charge in [0.15, 0.2) is 0 Å². The summed E-state index contributed by atoms with van der Waals surface area (Å²) in [5, 5.41) is 0. The van der Waals surface area contributed by atoms with Crippen LogP contribution in [0.2, 0.25) is 0 Å². The van der Waals surface area contributed by atoms with Crippen molar-refractivity contribution in [3.05, 3.63) is 71.5 Å². The smallest absolute Gasteiger partial charge is 0.227 e. The molecule has 1 aliphatic heterocycles. The highest BCUT2D eigenvalue weighted by molar-refractivity contribution is 5.79. The molecule has 0 bridgehead atoms. The number of morpholine rings is 1. The average molecular weight is 327 g/mol. The van der Waals surface area contributed by atoms with Gasteiger partial charge in [-0.05, 0) is 25.5 Å². The van der Waals surface area contributed by atoms with Gasteiger partial charge in [-0.1, -0.05) is 48.5 Å². The van der Waals surface area contributed by atoms with Crippen LogP contribution in [0.15, 0.2) is 54.6 Å². The molecule has 2 aromatic carbocycles. The largest absolute Gasteiger partial charge is 0.369 e. The zero-order valence-electron chi connectivity index (χ0n) is 14.0. The summed E-state index contributed by atoms with van der Waals surface area (Å²) in [6.45, 7) is 4.70. The van der Waals surface area contributed by atoms with Crippen molar-refractivity contribution < 1.29 is 13.9 Å². The Kier molecular flexibility index (Phi) is 4.67. The van der Waals surface area contributed by atoms with Crippen molar-refractivity contribution >= 4 is 5.91 Å². The summed E-state index contributed by atoms with van der Waals surface area (Å²) in [6.07, 6.45) is -0.0900. The average Bonchev–Trinajstić information content (AvgIpc) is 2.56. The second-order valence-corrected chi connectivity index (χ2v) is 6.80. The molecule has 1 amide bonds. The van der Waals surface area contributed by atoms with E-state index in [1.165, 1.54) is 6.07 Å². The number of amides is 1. The molecule has 1 fully saturated rings. The van der Waals surface area contributed by atoms with Crippen LogP contribution in [0.4, 0.5) is 4.39 Å². The molecule has 1 heterocycles. The predicted molar refractivity (Wildman–Crippen MR) is 91.0 cm³/mol. The summed E-state index contributed by atoms with van der Waals surface area (Å²) in [6, 6.07) is 16.3. The predicted octanol–water partition coefficient (Wildman–Crippen LogP) is 3.75. The molecule has 126 valence electrons. The monoisotopic (exact) mass is 327 g/mol. The quantitative estimate of drug-likeness (QED) is 0.859. The molecular formula is C20H22FNO2. The fraction of sp³-hybridized carbons (Fsp3) is 0.350. The van der Waals surface area contributed by atoms with Crippen molar-refractivity contribution in [2.75, 3.05) is 13.2 Å². The fourth-order valence-corrected chi connectivity index (χ4v) is 3.08. The van der Waals surface area contributed by atoms with Gasteiger partial charge in [0.2, 0.25) is 5.91 Å². The molecule has 0 radical (unpaired) electrons. The van der Waals surface area contributed by atoms with E-state index < -0.39 is 11.6 Å². The second-order valence-electron chi connectivity index (χ2n) is 6.80. The molecule has 0 spiro atoms. The Balaban J connectivity index is 1.79. The van der Waals surface area contributed by atoms with E-state index in [1.807, 2.05) is 49.1 Å². The molecule has 0 aromatic heterocycles. The first-order valence-electron chi connectivity index (χ1n) is 8.18. The third-order valence-corrected chi connectivity index (χ3v) is 4.47. The molecule has 0 saturated carbocycles. The summed E-state index contributed by atoms with van der Waals surface area (Å²) >= 11 is 0. The summed E-state index contributed by atoms with van der Waals surface area (Å²) in [5.74, 6) is -0.256. The minimum Gasteiger partial charge on any atom is -0.369 e. The van der Waals surface area contributed by atoms with Crippen molar-refractivity contribution in [2.45, 2.75) is 31.9 Å². The van der Waals surface area contributed by atoms with Gasteiger partial charge in [-0.25, -0.2) is 4.39 Å². The first-order valence-corrected chi connectivity index (χ1v) is 8.18. The maximum atomic E-state index is 14.1. The van der Waals surface area contributed by atoms with Gasteiger partial charge in [0.25, 0.3) is 0 Å². The van der Waals surface area contributed by atoms with E-state index in [-0.39, 0.29) is 11.7 Å². The Morgan fingerprint density at radius 3 is 2.54 bits per heavy atom. The number of carbonyl (C=O) groups is 1. The van der Waals surface area contributed by atoms with Crippen LogP contribution in [-0.4, -0.2) is 29.5 Å². The number of rotatable bonds is 3. The van der Waals surface area contributed by atoms with E-state index in [2.05, 4.69) is 0 Å². The fourth-order valence-electron chi connectivity index (χ4n) is 3.08. The highest BCUT2D eigenvalue weighted by Gasteiger charge is 2.38. The Hall–Kier alpha value is -2.20. The summed E-state index contributed by atoms with van der Waals surface area (Å²) in [7, 11) is 0. The molecule has 4 heteroatoms. The lowest BCUT2D eigenvalue weighted by Crippen LogP contribution is -2.56. The van der Waals surface area contributed by atoms with Crippen LogP contribution in [0, 0.1) is 5.82 Å². The zero-order chi connectivity index (χ0) is 17.2. The van der Waals surface area contributed by atoms with Crippen LogP contribution < -0.4 is 0 Å². The molecule has 0 N–H and O–H groups in total. The van der Waals surface area contributed by atoms with Gasteiger partial charge in [-0.3, -0.25) is 4.79 Å². The van der Waals surface area contributed by atoms with Crippen LogP contribution in [0.3, 0.4) is 0 Å². The standard InChI is InChI=1S/C20H22FNO2/c1-20(2)14-24-18(16-10-6-7-11-17(16)21)13-22(20)19(23)12-15-8-4-3-5-9-15/h3-11,18H,12-14H2,1-2H3. The number of ether oxygens (including phenoxy) is 1. The number of hydrogen-bond acceptors (Lipinski definition) is 2. The number of halogens is 1. The SMILES string of the molecule is CC1(C)COC(c2ccccc2F)CN1C(=O)Cc1ccccc1. The van der Waals surface area contributed by atoms with Crippen molar-refractivity contribution in [3.8, 4) is 0 Å². The van der Waals surface area contributed by atoms with E-state index in [0.29, 0.717) is 25.1 Å². The zero-order valence-corrected chi connectivity index (χ0v) is 14.0. The van der Waals surface area contributed by atoms with Gasteiger partial charge >= 0.3 is 0 Å². The highest BCUT2D eigenvalue weighted by atomic mass is 19.1. The Morgan fingerprint density at radius 1 is 1.17 bits per heavy atom. The van der Waals surface area contributed by atoms with Gasteiger partial charge in [0.05, 0.1) is 25.1 Å². The second kappa shape index (κ2) is 6.73. The van der Waals surface area contributed by atoms with Crippen LogP contribution in [0.25, 0.3) is 0 Å². The lowest BCUT2D eigenvalue weighted by molar-refractivity contribution is -0.154. The van der Waals surface area contributed by atoms with Gasteiger partial charge in [0, 0.05) is 5.56 Å². The molecular weight excluding hydrogens is 305 g/mol. The minimum atomic E-state index is -0.432. The van der Waals surface area contributed by atoms with Crippen molar-refractivity contribution in [3.63, 3.8) is 0 Å². The Morgan fingerprint density at radius 2 is 1.83 bits per heavy atom. The summed E-state index contributed by atoms with van der Waals surface area (Å²) in [4.78, 5) is 14.6. The van der Waals surface area contributed by atoms with Crippen molar-refractivity contribution in [1.82, 2.24) is 4.90 Å². The van der Waals surface area contributed by atoms with Gasteiger partial charge in [-0.2, -0.15) is 0 Å². The number of benzene rings is 2. The number of hydrogen-bond donors (Lipinski definition) is 0. The normalized spacial score (nSPS) is 20.0. The van der Waals surface area contributed by atoms with Crippen molar-refractivity contribution in [2.24, 2.45) is 0 Å². The van der Waals surface area contributed by atoms with Crippen LogP contribution >= 0.6 is 0 Å². The van der Waals surface area contributed by atoms with Crippen LogP contribution in [0.5, 0.6) is 0 Å². The van der Waals surface area contributed by atoms with E-state index in [9.17, 15) is 9.18 Å². The molecule has 24 heavy (non-hydrogen) atoms. The molecule has 2 aromatic rings. The molecule has 1 aliphatic rings. The van der Waals surface area contributed by atoms with Crippen LogP contribution in [0.1, 0.15) is 31.1 Å². The molecule has 3 nitrogen and oxygen atoms in total. The maximum absolute atomic E-state index is 14.1. The third kappa shape index (κ3) is 3.49. The van der Waals surface area contributed by atoms with E-state index in [0.717, 1.165) is 5.56 Å². The van der Waals surface area contributed by atoms with Gasteiger partial charge < -0.3 is 9.64 Å². The Bertz CT molecular complexity index is 715. The van der Waals surface area contributed by atoms with Crippen molar-refractivity contribution in [1.29, 1.82) is 0 Å². The molecule has 0 aliphatic carbocycles. The Labute approximate surface area is 142 Å². The lowest BCUT2D eigenvalue weighted by Gasteiger charge is -2.45. The van der Waals surface area contributed by atoms with E-state index >= 15 is 0 Å². The first-order chi connectivity index (χ1) is 11.5. The maximum Gasteiger partial charge on any atom is 0.227 e. The third-order valence-electron chi connectivity index (χ3n) is 4.47. The molecule has 1 saturated heterocycles. The van der Waals surface area contributed by atoms with E-state index in [4.69, 9.17) is 4.74 Å². The minimum absolute atomic E-state index is 0.0378. The van der Waals surface area contributed by atoms with E-state index in [1.54, 1.807) is 18.2 Å². The van der Waals surface area contributed by atoms with Crippen LogP contribution in [-0.2, 0) is 16.0 Å². The first kappa shape index (κ1) is 16.7. The molecule has 1 atom stereocenters. The highest BCUT2D eigenvalue weighted by Crippen LogP contribution is 2.31. The number of nitrogens with zero attached hydrogens (tertiary/aromatic N) is 1. The van der Waals surface area contributed by atoms with Gasteiger partial charge in [-0.15, -0.1) is 0 Å². The van der Waals surface area contributed by atoms with Gasteiger partial charge in [0.1, 0.15) is 11.9 Å². The topological polar surface area (TPSA) is 29.5 Å². The molecule has 3 rings (SSSR count). The summed E-state index contributed by atoms with van der Waals surface area (Å²) in [5.41, 5.74) is 1.07. The summed E-state index contributed by atoms with van der Waals surface area (Å²) < 4.78 is 19.9.